The summed E-state index contributed by atoms with van der Waals surface area (Å²) in [4.78, 5) is 34.4. The van der Waals surface area contributed by atoms with Crippen molar-refractivity contribution in [3.8, 4) is 0 Å². The Bertz CT molecular complexity index is 504. The third kappa shape index (κ3) is 1.93. The summed E-state index contributed by atoms with van der Waals surface area (Å²) in [6.07, 6.45) is -1.21. The molecule has 0 saturated carbocycles. The molecule has 2 rings (SSSR count). The lowest BCUT2D eigenvalue weighted by atomic mass is 10.1. The Hall–Kier alpha value is -2.35. The van der Waals surface area contributed by atoms with Crippen molar-refractivity contribution in [1.29, 1.82) is 0 Å². The number of nitrogens with one attached hydrogen (secondary N) is 1. The van der Waals surface area contributed by atoms with E-state index < -0.39 is 30.0 Å². The molecule has 0 bridgehead atoms. The zero-order chi connectivity index (χ0) is 13.3. The molecule has 0 aromatic heterocycles. The van der Waals surface area contributed by atoms with Gasteiger partial charge in [-0.15, -0.1) is 4.91 Å². The smallest absolute Gasteiger partial charge is 0.308 e. The van der Waals surface area contributed by atoms with Crippen molar-refractivity contribution in [1.82, 2.24) is 5.32 Å². The largest absolute Gasteiger partial charge is 0.329 e. The summed E-state index contributed by atoms with van der Waals surface area (Å²) < 4.78 is 12.8. The van der Waals surface area contributed by atoms with E-state index >= 15 is 0 Å². The predicted molar refractivity (Wildman–Crippen MR) is 60.0 cm³/mol. The molecular weight excluding hydrogens is 243 g/mol. The molecule has 1 heterocycles. The standard InChI is InChI=1S/C10H9FN4O3/c11-5-1-3-6(4-2-5)15-8(12)7(14-18)9(16)13-10(15)17/h1-4,7-8H,12H2,(H,13,16,17). The van der Waals surface area contributed by atoms with Crippen LogP contribution < -0.4 is 16.0 Å². The fraction of sp³-hybridized carbons (Fsp3) is 0.200. The van der Waals surface area contributed by atoms with Gasteiger partial charge in [0.25, 0.3) is 5.91 Å². The molecular formula is C10H9FN4O3. The second kappa shape index (κ2) is 4.49. The molecule has 8 heteroatoms. The average molecular weight is 252 g/mol. The summed E-state index contributed by atoms with van der Waals surface area (Å²) in [6, 6.07) is 2.72. The molecule has 3 N–H and O–H groups in total. The summed E-state index contributed by atoms with van der Waals surface area (Å²) in [7, 11) is 0. The van der Waals surface area contributed by atoms with Crippen LogP contribution in [0.1, 0.15) is 0 Å². The van der Waals surface area contributed by atoms with Crippen molar-refractivity contribution in [2.75, 3.05) is 4.90 Å². The number of rotatable bonds is 2. The fourth-order valence-corrected chi connectivity index (χ4v) is 1.67. The van der Waals surface area contributed by atoms with E-state index in [4.69, 9.17) is 5.73 Å². The number of nitrogens with zero attached hydrogens (tertiary/aromatic N) is 2. The number of hydrogen-bond donors (Lipinski definition) is 2. The van der Waals surface area contributed by atoms with Gasteiger partial charge in [0.05, 0.1) is 0 Å². The highest BCUT2D eigenvalue weighted by Gasteiger charge is 2.41. The molecule has 0 radical (unpaired) electrons. The van der Waals surface area contributed by atoms with E-state index in [0.717, 1.165) is 17.0 Å². The molecule has 1 aliphatic rings. The molecule has 1 aliphatic heterocycles. The lowest BCUT2D eigenvalue weighted by Crippen LogP contribution is -2.66. The van der Waals surface area contributed by atoms with Gasteiger partial charge in [-0.1, -0.05) is 5.18 Å². The van der Waals surface area contributed by atoms with Crippen LogP contribution in [0.4, 0.5) is 14.9 Å². The van der Waals surface area contributed by atoms with Gasteiger partial charge in [-0.2, -0.15) is 0 Å². The number of nitroso groups, excluding NO2 is 1. The fourth-order valence-electron chi connectivity index (χ4n) is 1.67. The maximum absolute atomic E-state index is 12.8. The number of amides is 3. The SMILES string of the molecule is NC1C(N=O)C(=O)NC(=O)N1c1ccc(F)cc1. The average Bonchev–Trinajstić information content (AvgIpc) is 2.31. The number of benzene rings is 1. The first-order chi connectivity index (χ1) is 8.54. The van der Waals surface area contributed by atoms with E-state index in [-0.39, 0.29) is 5.69 Å². The van der Waals surface area contributed by atoms with Crippen molar-refractivity contribution < 1.29 is 14.0 Å². The van der Waals surface area contributed by atoms with Crippen LogP contribution in [0, 0.1) is 10.7 Å². The number of urea groups is 1. The van der Waals surface area contributed by atoms with Crippen LogP contribution in [0.15, 0.2) is 29.4 Å². The van der Waals surface area contributed by atoms with Gasteiger partial charge in [-0.3, -0.25) is 15.0 Å². The van der Waals surface area contributed by atoms with Crippen LogP contribution in [0.5, 0.6) is 0 Å². The van der Waals surface area contributed by atoms with Crippen molar-refractivity contribution in [2.45, 2.75) is 12.2 Å². The van der Waals surface area contributed by atoms with E-state index in [2.05, 4.69) is 5.18 Å². The van der Waals surface area contributed by atoms with Crippen LogP contribution >= 0.6 is 0 Å². The molecule has 2 unspecified atom stereocenters. The molecule has 7 nitrogen and oxygen atoms in total. The second-order valence-electron chi connectivity index (χ2n) is 3.68. The predicted octanol–water partition coefficient (Wildman–Crippen LogP) is 0.302. The third-order valence-corrected chi connectivity index (χ3v) is 2.56. The molecule has 94 valence electrons. The minimum atomic E-state index is -1.40. The zero-order valence-corrected chi connectivity index (χ0v) is 9.04. The molecule has 1 aromatic carbocycles. The van der Waals surface area contributed by atoms with E-state index in [0.29, 0.717) is 0 Å². The Balaban J connectivity index is 2.36. The van der Waals surface area contributed by atoms with Crippen molar-refractivity contribution in [3.05, 3.63) is 35.0 Å². The molecule has 1 fully saturated rings. The Morgan fingerprint density at radius 2 is 1.89 bits per heavy atom. The first kappa shape index (κ1) is 12.1. The number of anilines is 1. The van der Waals surface area contributed by atoms with E-state index in [1.54, 1.807) is 0 Å². The van der Waals surface area contributed by atoms with Crippen LogP contribution in [0.25, 0.3) is 0 Å². The van der Waals surface area contributed by atoms with E-state index in [1.807, 2.05) is 5.32 Å². The number of imide groups is 1. The quantitative estimate of drug-likeness (QED) is 0.738. The van der Waals surface area contributed by atoms with Gasteiger partial charge in [0.1, 0.15) is 12.0 Å². The Morgan fingerprint density at radius 1 is 1.28 bits per heavy atom. The lowest BCUT2D eigenvalue weighted by Gasteiger charge is -2.34. The Labute approximate surface area is 101 Å². The Morgan fingerprint density at radius 3 is 2.44 bits per heavy atom. The molecule has 18 heavy (non-hydrogen) atoms. The van der Waals surface area contributed by atoms with E-state index in [9.17, 15) is 18.9 Å². The second-order valence-corrected chi connectivity index (χ2v) is 3.68. The number of nitrogens with two attached hydrogens (primary N) is 1. The minimum Gasteiger partial charge on any atom is -0.308 e. The number of hydrogen-bond acceptors (Lipinski definition) is 5. The number of carbonyl (C=O) groups excluding carboxylic acids is 2. The van der Waals surface area contributed by atoms with Crippen LogP contribution in [-0.2, 0) is 4.79 Å². The first-order valence-electron chi connectivity index (χ1n) is 5.02. The van der Waals surface area contributed by atoms with Gasteiger partial charge < -0.3 is 5.73 Å². The summed E-state index contributed by atoms with van der Waals surface area (Å²) in [5, 5.41) is 4.54. The summed E-state index contributed by atoms with van der Waals surface area (Å²) in [6.45, 7) is 0. The topological polar surface area (TPSA) is 105 Å². The van der Waals surface area contributed by atoms with Crippen LogP contribution in [0.3, 0.4) is 0 Å². The Kier molecular flexibility index (Phi) is 3.02. The molecule has 0 spiro atoms. The van der Waals surface area contributed by atoms with Crippen molar-refractivity contribution >= 4 is 17.6 Å². The van der Waals surface area contributed by atoms with Crippen molar-refractivity contribution in [2.24, 2.45) is 10.9 Å². The number of carbonyl (C=O) groups is 2. The summed E-state index contributed by atoms with van der Waals surface area (Å²) in [5.41, 5.74) is 5.91. The van der Waals surface area contributed by atoms with Crippen LogP contribution in [-0.4, -0.2) is 24.1 Å². The molecule has 1 saturated heterocycles. The van der Waals surface area contributed by atoms with E-state index in [1.165, 1.54) is 12.1 Å². The highest BCUT2D eigenvalue weighted by Crippen LogP contribution is 2.21. The summed E-state index contributed by atoms with van der Waals surface area (Å²) >= 11 is 0. The maximum Gasteiger partial charge on any atom is 0.329 e. The maximum atomic E-state index is 12.8. The monoisotopic (exact) mass is 252 g/mol. The molecule has 3 amide bonds. The molecule has 0 aliphatic carbocycles. The first-order valence-corrected chi connectivity index (χ1v) is 5.02. The third-order valence-electron chi connectivity index (χ3n) is 2.56. The lowest BCUT2D eigenvalue weighted by molar-refractivity contribution is -0.122. The molecule has 1 aromatic rings. The highest BCUT2D eigenvalue weighted by molar-refractivity contribution is 6.08. The normalized spacial score (nSPS) is 23.8. The van der Waals surface area contributed by atoms with Gasteiger partial charge in [-0.25, -0.2) is 9.18 Å². The van der Waals surface area contributed by atoms with Crippen molar-refractivity contribution in [3.63, 3.8) is 0 Å². The van der Waals surface area contributed by atoms with Gasteiger partial charge in [0, 0.05) is 5.69 Å². The van der Waals surface area contributed by atoms with Gasteiger partial charge in [0.15, 0.2) is 0 Å². The number of halogens is 1. The summed E-state index contributed by atoms with van der Waals surface area (Å²) in [5.74, 6) is -1.33. The molecule has 2 atom stereocenters. The van der Waals surface area contributed by atoms with Crippen LogP contribution in [0.2, 0.25) is 0 Å². The van der Waals surface area contributed by atoms with Gasteiger partial charge >= 0.3 is 6.03 Å². The minimum absolute atomic E-state index is 0.266. The zero-order valence-electron chi connectivity index (χ0n) is 9.04. The van der Waals surface area contributed by atoms with Gasteiger partial charge in [0.2, 0.25) is 6.04 Å². The van der Waals surface area contributed by atoms with Gasteiger partial charge in [-0.05, 0) is 24.3 Å². The highest BCUT2D eigenvalue weighted by atomic mass is 19.1.